The molecule has 18 heavy (non-hydrogen) atoms. The number of hydrogen-bond acceptors (Lipinski definition) is 1. The topological polar surface area (TPSA) is 12.9 Å². The summed E-state index contributed by atoms with van der Waals surface area (Å²) in [4.78, 5) is 4.14. The highest BCUT2D eigenvalue weighted by atomic mass is 14.7. The zero-order chi connectivity index (χ0) is 13.1. The van der Waals surface area contributed by atoms with Gasteiger partial charge in [0.1, 0.15) is 5.69 Å². The van der Waals surface area contributed by atoms with Crippen molar-refractivity contribution in [3.05, 3.63) is 40.7 Å². The first-order valence-electron chi connectivity index (χ1n) is 5.09. The first-order valence-corrected chi connectivity index (χ1v) is 5.09. The molecule has 0 atom stereocenters. The van der Waals surface area contributed by atoms with Gasteiger partial charge in [0.2, 0.25) is 0 Å². The van der Waals surface area contributed by atoms with Gasteiger partial charge in [-0.15, -0.1) is 25.7 Å². The zero-order valence-electron chi connectivity index (χ0n) is 9.49. The maximum absolute atomic E-state index is 5.48. The minimum absolute atomic E-state index is 0.453. The lowest BCUT2D eigenvalue weighted by molar-refractivity contribution is 1.31. The van der Waals surface area contributed by atoms with Gasteiger partial charge in [-0.05, 0) is 18.1 Å². The molecule has 0 spiro atoms. The number of hydrogen-bond donors (Lipinski definition) is 0. The summed E-state index contributed by atoms with van der Waals surface area (Å²) in [6.07, 6.45) is 23.4. The third kappa shape index (κ3) is 1.49. The molecule has 0 aliphatic heterocycles. The predicted octanol–water partition coefficient (Wildman–Crippen LogP) is 2.16. The normalized spacial score (nSPS) is 8.89. The molecule has 80 valence electrons. The number of benzene rings is 1. The number of rotatable bonds is 0. The quantitative estimate of drug-likeness (QED) is 0.626. The molecule has 0 aliphatic carbocycles. The lowest BCUT2D eigenvalue weighted by Crippen LogP contribution is -1.95. The van der Waals surface area contributed by atoms with Gasteiger partial charge in [0.15, 0.2) is 0 Å². The van der Waals surface area contributed by atoms with Crippen LogP contribution in [0.25, 0.3) is 10.8 Å². The third-order valence-corrected chi connectivity index (χ3v) is 2.64. The van der Waals surface area contributed by atoms with Gasteiger partial charge in [-0.3, -0.25) is 0 Å². The van der Waals surface area contributed by atoms with Crippen LogP contribution in [0.3, 0.4) is 0 Å². The van der Waals surface area contributed by atoms with E-state index in [1.807, 2.05) is 0 Å². The van der Waals surface area contributed by atoms with Crippen molar-refractivity contribution in [2.45, 2.75) is 0 Å². The molecule has 0 unspecified atom stereocenters. The summed E-state index contributed by atoms with van der Waals surface area (Å²) < 4.78 is 0. The maximum Gasteiger partial charge on any atom is 0.122 e. The van der Waals surface area contributed by atoms with Gasteiger partial charge in [-0.2, -0.15) is 0 Å². The van der Waals surface area contributed by atoms with Gasteiger partial charge < -0.3 is 0 Å². The monoisotopic (exact) mass is 225 g/mol. The molecular weight excluding hydrogens is 218 g/mol. The van der Waals surface area contributed by atoms with Crippen LogP contribution in [0.1, 0.15) is 22.4 Å². The van der Waals surface area contributed by atoms with Gasteiger partial charge in [-0.1, -0.05) is 17.8 Å². The number of fused-ring (bicyclic) bond motifs is 1. The third-order valence-electron chi connectivity index (χ3n) is 2.64. The fourth-order valence-electron chi connectivity index (χ4n) is 1.85. The van der Waals surface area contributed by atoms with Gasteiger partial charge in [0.25, 0.3) is 0 Å². The largest absolute Gasteiger partial charge is 0.246 e. The molecule has 1 aromatic heterocycles. The standard InChI is InChI=1S/C17H7N/c1-5-12-9-10-13(6-2)17-15(8-4)18-11-14(7-3)16(12)17/h1-4,9-11H. The molecule has 0 fully saturated rings. The van der Waals surface area contributed by atoms with Crippen molar-refractivity contribution in [3.8, 4) is 49.4 Å². The summed E-state index contributed by atoms with van der Waals surface area (Å²) in [6, 6.07) is 3.51. The molecule has 0 aliphatic rings. The Bertz CT molecular complexity index is 675. The van der Waals surface area contributed by atoms with E-state index in [2.05, 4.69) is 28.7 Å². The molecule has 1 heteroatoms. The van der Waals surface area contributed by atoms with Gasteiger partial charge in [0, 0.05) is 28.1 Å². The second-order valence-electron chi connectivity index (χ2n) is 3.51. The van der Waals surface area contributed by atoms with E-state index in [4.69, 9.17) is 25.7 Å². The van der Waals surface area contributed by atoms with E-state index >= 15 is 0 Å². The van der Waals surface area contributed by atoms with Crippen molar-refractivity contribution in [1.82, 2.24) is 4.98 Å². The molecule has 1 aromatic carbocycles. The molecule has 1 nitrogen and oxygen atoms in total. The Kier molecular flexibility index (Phi) is 2.77. The summed E-state index contributed by atoms with van der Waals surface area (Å²) in [5.74, 6) is 10.2. The van der Waals surface area contributed by atoms with Crippen LogP contribution < -0.4 is 0 Å². The van der Waals surface area contributed by atoms with E-state index in [0.29, 0.717) is 27.8 Å². The van der Waals surface area contributed by atoms with Crippen molar-refractivity contribution in [1.29, 1.82) is 0 Å². The van der Waals surface area contributed by atoms with Gasteiger partial charge >= 0.3 is 0 Å². The number of nitrogens with zero attached hydrogens (tertiary/aromatic N) is 1. The molecule has 2 rings (SSSR count). The van der Waals surface area contributed by atoms with Crippen LogP contribution >= 0.6 is 0 Å². The Labute approximate surface area is 106 Å². The highest BCUT2D eigenvalue weighted by Gasteiger charge is 2.11. The van der Waals surface area contributed by atoms with Crippen LogP contribution in [0.5, 0.6) is 0 Å². The summed E-state index contributed by atoms with van der Waals surface area (Å²) in [5.41, 5.74) is 2.35. The fourth-order valence-corrected chi connectivity index (χ4v) is 1.85. The van der Waals surface area contributed by atoms with Crippen LogP contribution in [-0.4, -0.2) is 4.98 Å². The molecule has 0 amide bonds. The number of aromatic nitrogens is 1. The Morgan fingerprint density at radius 3 is 1.78 bits per heavy atom. The van der Waals surface area contributed by atoms with Crippen molar-refractivity contribution >= 4 is 10.8 Å². The summed E-state index contributed by atoms with van der Waals surface area (Å²) in [5, 5.41) is 1.39. The average Bonchev–Trinajstić information content (AvgIpc) is 2.44. The number of terminal acetylenes is 4. The van der Waals surface area contributed by atoms with Crippen LogP contribution in [0, 0.1) is 49.4 Å². The van der Waals surface area contributed by atoms with Crippen LogP contribution in [0.2, 0.25) is 0 Å². The van der Waals surface area contributed by atoms with E-state index in [0.717, 1.165) is 5.39 Å². The van der Waals surface area contributed by atoms with E-state index in [1.165, 1.54) is 0 Å². The molecule has 2 aromatic rings. The van der Waals surface area contributed by atoms with Gasteiger partial charge in [-0.25, -0.2) is 4.98 Å². The predicted molar refractivity (Wildman–Crippen MR) is 73.5 cm³/mol. The molecule has 1 heterocycles. The lowest BCUT2D eigenvalue weighted by Gasteiger charge is -2.08. The summed E-state index contributed by atoms with van der Waals surface area (Å²) in [7, 11) is 0. The van der Waals surface area contributed by atoms with Crippen molar-refractivity contribution < 1.29 is 0 Å². The van der Waals surface area contributed by atoms with Crippen LogP contribution in [0.4, 0.5) is 0 Å². The summed E-state index contributed by atoms with van der Waals surface area (Å²) >= 11 is 0. The highest BCUT2D eigenvalue weighted by molar-refractivity contribution is 5.99. The molecule has 0 saturated heterocycles. The minimum Gasteiger partial charge on any atom is -0.246 e. The molecule has 0 N–H and O–H groups in total. The zero-order valence-corrected chi connectivity index (χ0v) is 9.49. The summed E-state index contributed by atoms with van der Waals surface area (Å²) in [6.45, 7) is 0. The Hall–Kier alpha value is -3.13. The van der Waals surface area contributed by atoms with E-state index in [9.17, 15) is 0 Å². The van der Waals surface area contributed by atoms with Crippen molar-refractivity contribution in [2.24, 2.45) is 0 Å². The Morgan fingerprint density at radius 1 is 0.722 bits per heavy atom. The molecule has 0 radical (unpaired) electrons. The molecule has 0 bridgehead atoms. The highest BCUT2D eigenvalue weighted by Crippen LogP contribution is 2.27. The van der Waals surface area contributed by atoms with Gasteiger partial charge in [0.05, 0.1) is 5.56 Å². The lowest BCUT2D eigenvalue weighted by atomic mass is 9.96. The van der Waals surface area contributed by atoms with E-state index < -0.39 is 0 Å². The second kappa shape index (κ2) is 4.39. The molecular formula is C17H7N. The van der Waals surface area contributed by atoms with Crippen molar-refractivity contribution in [3.63, 3.8) is 0 Å². The maximum atomic E-state index is 5.48. The van der Waals surface area contributed by atoms with Crippen molar-refractivity contribution in [2.75, 3.05) is 0 Å². The second-order valence-corrected chi connectivity index (χ2v) is 3.51. The van der Waals surface area contributed by atoms with E-state index in [-0.39, 0.29) is 0 Å². The smallest absolute Gasteiger partial charge is 0.122 e. The van der Waals surface area contributed by atoms with E-state index in [1.54, 1.807) is 18.3 Å². The minimum atomic E-state index is 0.453. The fraction of sp³-hybridized carbons (Fsp3) is 0. The van der Waals surface area contributed by atoms with Crippen LogP contribution in [-0.2, 0) is 0 Å². The first-order chi connectivity index (χ1) is 8.76. The SMILES string of the molecule is C#Cc1ccc(C#C)c2c(C#C)ncc(C#C)c12. The average molecular weight is 225 g/mol. The molecule has 0 saturated carbocycles. The number of pyridine rings is 1. The Morgan fingerprint density at radius 2 is 1.28 bits per heavy atom. The first kappa shape index (κ1) is 11.4. The van der Waals surface area contributed by atoms with Crippen LogP contribution in [0.15, 0.2) is 18.3 Å². The Balaban J connectivity index is 3.17.